The van der Waals surface area contributed by atoms with Gasteiger partial charge in [0.05, 0.1) is 19.8 Å². The van der Waals surface area contributed by atoms with Crippen molar-refractivity contribution in [3.05, 3.63) is 0 Å². The minimum Gasteiger partial charge on any atom is -0.395 e. The van der Waals surface area contributed by atoms with Crippen molar-refractivity contribution in [2.24, 2.45) is 40.4 Å². The molecule has 1 aliphatic heterocycles. The van der Waals surface area contributed by atoms with E-state index in [0.717, 1.165) is 51.2 Å². The highest BCUT2D eigenvalue weighted by atomic mass is 16.7. The van der Waals surface area contributed by atoms with Crippen LogP contribution in [0, 0.1) is 52.3 Å². The number of hydrogen-bond acceptors (Lipinski definition) is 4. The van der Waals surface area contributed by atoms with Crippen LogP contribution < -0.4 is 0 Å². The van der Waals surface area contributed by atoms with Crippen LogP contribution in [0.4, 0.5) is 0 Å². The maximum atomic E-state index is 11.6. The summed E-state index contributed by atoms with van der Waals surface area (Å²) in [6.45, 7) is 8.90. The molecule has 4 saturated carbocycles. The third-order valence-electron chi connectivity index (χ3n) is 10.7. The van der Waals surface area contributed by atoms with E-state index in [1.165, 1.54) is 19.3 Å². The summed E-state index contributed by atoms with van der Waals surface area (Å²) in [5.74, 6) is 9.22. The van der Waals surface area contributed by atoms with Crippen LogP contribution in [-0.2, 0) is 9.47 Å². The summed E-state index contributed by atoms with van der Waals surface area (Å²) in [6, 6.07) is 0. The Balaban J connectivity index is 1.41. The minimum absolute atomic E-state index is 0.0699. The Morgan fingerprint density at radius 1 is 0.967 bits per heavy atom. The molecule has 168 valence electrons. The molecular weight excluding hydrogens is 376 g/mol. The van der Waals surface area contributed by atoms with Gasteiger partial charge >= 0.3 is 0 Å². The summed E-state index contributed by atoms with van der Waals surface area (Å²) >= 11 is 0. The van der Waals surface area contributed by atoms with Crippen molar-refractivity contribution >= 4 is 0 Å². The second-order valence-corrected chi connectivity index (χ2v) is 11.6. The first kappa shape index (κ1) is 21.3. The second kappa shape index (κ2) is 7.20. The zero-order valence-corrected chi connectivity index (χ0v) is 19.1. The van der Waals surface area contributed by atoms with Gasteiger partial charge in [0.2, 0.25) is 0 Å². The molecule has 1 saturated heterocycles. The Bertz CT molecular complexity index is 733. The van der Waals surface area contributed by atoms with Crippen molar-refractivity contribution in [2.45, 2.75) is 89.9 Å². The number of aliphatic hydroxyl groups is 2. The molecule has 5 rings (SSSR count). The first-order chi connectivity index (χ1) is 14.3. The Hall–Kier alpha value is -0.600. The van der Waals surface area contributed by atoms with E-state index >= 15 is 0 Å². The molecule has 0 radical (unpaired) electrons. The number of hydrogen-bond donors (Lipinski definition) is 2. The smallest absolute Gasteiger partial charge is 0.169 e. The summed E-state index contributed by atoms with van der Waals surface area (Å²) in [5.41, 5.74) is -0.659. The summed E-state index contributed by atoms with van der Waals surface area (Å²) in [6.07, 6.45) is 9.23. The Labute approximate surface area is 182 Å². The third-order valence-corrected chi connectivity index (χ3v) is 10.7. The van der Waals surface area contributed by atoms with E-state index in [4.69, 9.17) is 14.6 Å². The largest absolute Gasteiger partial charge is 0.395 e. The van der Waals surface area contributed by atoms with Crippen molar-refractivity contribution in [3.63, 3.8) is 0 Å². The van der Waals surface area contributed by atoms with Crippen LogP contribution in [0.15, 0.2) is 0 Å². The molecule has 30 heavy (non-hydrogen) atoms. The van der Waals surface area contributed by atoms with Crippen LogP contribution in [0.3, 0.4) is 0 Å². The highest BCUT2D eigenvalue weighted by molar-refractivity contribution is 5.26. The van der Waals surface area contributed by atoms with E-state index < -0.39 is 5.60 Å². The average Bonchev–Trinajstić information content (AvgIpc) is 3.26. The lowest BCUT2D eigenvalue weighted by atomic mass is 9.42. The standard InChI is InChI=1S/C26H40O4/c1-18-16-26(29-14-15-30-26)17-19-6-7-20-21-9-12-25(28,10-4-5-13-27)23(21,2)11-8-22(20)24(18,19)3/h18-22,27-28H,5-9,11-17H2,1-3H3/t18-,19-,20-,21-,22-,23-,24-,25-/m0/s1. The molecular formula is C26H40O4. The molecule has 4 nitrogen and oxygen atoms in total. The zero-order valence-electron chi connectivity index (χ0n) is 19.1. The number of rotatable bonds is 1. The van der Waals surface area contributed by atoms with Gasteiger partial charge in [-0.25, -0.2) is 0 Å². The van der Waals surface area contributed by atoms with Gasteiger partial charge in [0.1, 0.15) is 5.60 Å². The van der Waals surface area contributed by atoms with E-state index in [1.807, 2.05) is 0 Å². The SMILES string of the molecule is C[C@H]1CC2(C[C@@H]3CC[C@@H]4[C@H](CC[C@@]5(C)[C@H]4CC[C@@]5(O)C#CCCO)[C@]31C)OCCO2. The number of aliphatic hydroxyl groups excluding tert-OH is 1. The molecule has 0 unspecified atom stereocenters. The summed E-state index contributed by atoms with van der Waals surface area (Å²) < 4.78 is 12.3. The Kier molecular flexibility index (Phi) is 5.10. The Morgan fingerprint density at radius 3 is 2.43 bits per heavy atom. The highest BCUT2D eigenvalue weighted by Gasteiger charge is 2.66. The summed E-state index contributed by atoms with van der Waals surface area (Å²) in [5, 5.41) is 20.7. The number of ether oxygens (including phenoxy) is 2. The predicted molar refractivity (Wildman–Crippen MR) is 115 cm³/mol. The van der Waals surface area contributed by atoms with Crippen molar-refractivity contribution in [2.75, 3.05) is 19.8 Å². The number of fused-ring (bicyclic) bond motifs is 5. The first-order valence-corrected chi connectivity index (χ1v) is 12.4. The molecule has 8 atom stereocenters. The first-order valence-electron chi connectivity index (χ1n) is 12.4. The molecule has 4 heteroatoms. The van der Waals surface area contributed by atoms with E-state index in [1.54, 1.807) is 0 Å². The molecule has 4 aliphatic carbocycles. The molecule has 0 aromatic carbocycles. The van der Waals surface area contributed by atoms with E-state index in [9.17, 15) is 5.11 Å². The van der Waals surface area contributed by atoms with Crippen LogP contribution in [0.5, 0.6) is 0 Å². The maximum absolute atomic E-state index is 11.6. The molecule has 1 spiro atoms. The van der Waals surface area contributed by atoms with Crippen molar-refractivity contribution in [1.82, 2.24) is 0 Å². The molecule has 0 bridgehead atoms. The highest BCUT2D eigenvalue weighted by Crippen LogP contribution is 2.70. The van der Waals surface area contributed by atoms with Gasteiger partial charge in [0.15, 0.2) is 5.79 Å². The van der Waals surface area contributed by atoms with Gasteiger partial charge in [-0.3, -0.25) is 0 Å². The topological polar surface area (TPSA) is 58.9 Å². The van der Waals surface area contributed by atoms with Crippen molar-refractivity contribution in [3.8, 4) is 11.8 Å². The van der Waals surface area contributed by atoms with Crippen LogP contribution in [0.1, 0.15) is 78.6 Å². The molecule has 5 fully saturated rings. The molecule has 0 aromatic rings. The Morgan fingerprint density at radius 2 is 1.70 bits per heavy atom. The zero-order chi connectivity index (χ0) is 21.2. The van der Waals surface area contributed by atoms with Gasteiger partial charge in [-0.1, -0.05) is 32.6 Å². The third kappa shape index (κ3) is 2.81. The molecule has 0 amide bonds. The fourth-order valence-electron chi connectivity index (χ4n) is 8.92. The lowest BCUT2D eigenvalue weighted by molar-refractivity contribution is -0.249. The van der Waals surface area contributed by atoms with Gasteiger partial charge in [0.25, 0.3) is 0 Å². The van der Waals surface area contributed by atoms with E-state index in [-0.39, 0.29) is 17.8 Å². The van der Waals surface area contributed by atoms with Gasteiger partial charge < -0.3 is 19.7 Å². The molecule has 5 aliphatic rings. The fourth-order valence-corrected chi connectivity index (χ4v) is 8.92. The lowest BCUT2D eigenvalue weighted by Gasteiger charge is -2.64. The van der Waals surface area contributed by atoms with Crippen molar-refractivity contribution in [1.29, 1.82) is 0 Å². The predicted octanol–water partition coefficient (Wildman–Crippen LogP) is 4.14. The maximum Gasteiger partial charge on any atom is 0.169 e. The normalized spacial score (nSPS) is 51.6. The average molecular weight is 417 g/mol. The van der Waals surface area contributed by atoms with Gasteiger partial charge in [-0.2, -0.15) is 0 Å². The molecule has 0 aromatic heterocycles. The van der Waals surface area contributed by atoms with E-state index in [2.05, 4.69) is 32.6 Å². The van der Waals surface area contributed by atoms with Gasteiger partial charge in [-0.15, -0.1) is 0 Å². The lowest BCUT2D eigenvalue weighted by Crippen LogP contribution is -2.60. The summed E-state index contributed by atoms with van der Waals surface area (Å²) in [7, 11) is 0. The minimum atomic E-state index is -0.886. The fraction of sp³-hybridized carbons (Fsp3) is 0.923. The van der Waals surface area contributed by atoms with Crippen molar-refractivity contribution < 1.29 is 19.7 Å². The van der Waals surface area contributed by atoms with Crippen LogP contribution in [0.25, 0.3) is 0 Å². The summed E-state index contributed by atoms with van der Waals surface area (Å²) in [4.78, 5) is 0. The van der Waals surface area contributed by atoms with Crippen LogP contribution in [0.2, 0.25) is 0 Å². The van der Waals surface area contributed by atoms with Crippen LogP contribution in [-0.4, -0.2) is 41.4 Å². The quantitative estimate of drug-likeness (QED) is 0.631. The van der Waals surface area contributed by atoms with Crippen LogP contribution >= 0.6 is 0 Å². The molecule has 2 N–H and O–H groups in total. The molecule has 1 heterocycles. The van der Waals surface area contributed by atoms with Gasteiger partial charge in [-0.05, 0) is 73.5 Å². The monoisotopic (exact) mass is 416 g/mol. The van der Waals surface area contributed by atoms with Gasteiger partial charge in [0, 0.05) is 24.7 Å². The van der Waals surface area contributed by atoms with E-state index in [0.29, 0.717) is 35.5 Å². The second-order valence-electron chi connectivity index (χ2n) is 11.6.